The van der Waals surface area contributed by atoms with Gasteiger partial charge in [0.1, 0.15) is 0 Å². The molecule has 1 N–H and O–H groups in total. The first-order valence-corrected chi connectivity index (χ1v) is 6.31. The average Bonchev–Trinajstić information content (AvgIpc) is 2.39. The van der Waals surface area contributed by atoms with E-state index in [-0.39, 0.29) is 5.56 Å². The summed E-state index contributed by atoms with van der Waals surface area (Å²) in [6, 6.07) is 3.46. The second kappa shape index (κ2) is 5.87. The predicted octanol–water partition coefficient (Wildman–Crippen LogP) is 1.71. The van der Waals surface area contributed by atoms with Crippen LogP contribution in [0.25, 0.3) is 0 Å². The molecule has 1 unspecified atom stereocenters. The molecule has 0 radical (unpaired) electrons. The van der Waals surface area contributed by atoms with Crippen molar-refractivity contribution in [3.05, 3.63) is 28.7 Å². The van der Waals surface area contributed by atoms with Gasteiger partial charge in [-0.1, -0.05) is 0 Å². The van der Waals surface area contributed by atoms with Gasteiger partial charge in [0.15, 0.2) is 0 Å². The van der Waals surface area contributed by atoms with Gasteiger partial charge >= 0.3 is 0 Å². The SMILES string of the molecule is CCn1cc(NCC2CCCOC2)ccc1=O. The minimum Gasteiger partial charge on any atom is -0.383 e. The first-order valence-electron chi connectivity index (χ1n) is 6.31. The molecule has 0 spiro atoms. The lowest BCUT2D eigenvalue weighted by atomic mass is 10.0. The molecule has 1 aliphatic heterocycles. The second-order valence-electron chi connectivity index (χ2n) is 4.51. The molecule has 4 nitrogen and oxygen atoms in total. The molecule has 0 bridgehead atoms. The number of ether oxygens (including phenoxy) is 1. The Morgan fingerprint density at radius 3 is 3.12 bits per heavy atom. The Morgan fingerprint density at radius 1 is 1.53 bits per heavy atom. The van der Waals surface area contributed by atoms with Crippen molar-refractivity contribution in [2.45, 2.75) is 26.3 Å². The van der Waals surface area contributed by atoms with E-state index in [0.717, 1.165) is 31.9 Å². The van der Waals surface area contributed by atoms with Crippen molar-refractivity contribution < 1.29 is 4.74 Å². The maximum absolute atomic E-state index is 11.4. The zero-order valence-corrected chi connectivity index (χ0v) is 10.3. The van der Waals surface area contributed by atoms with Crippen molar-refractivity contribution in [1.82, 2.24) is 4.57 Å². The monoisotopic (exact) mass is 236 g/mol. The van der Waals surface area contributed by atoms with Crippen LogP contribution < -0.4 is 10.9 Å². The van der Waals surface area contributed by atoms with Crippen molar-refractivity contribution in [1.29, 1.82) is 0 Å². The van der Waals surface area contributed by atoms with E-state index >= 15 is 0 Å². The molecule has 1 saturated heterocycles. The van der Waals surface area contributed by atoms with Crippen molar-refractivity contribution in [2.75, 3.05) is 25.1 Å². The lowest BCUT2D eigenvalue weighted by Gasteiger charge is -2.22. The van der Waals surface area contributed by atoms with E-state index in [2.05, 4.69) is 5.32 Å². The molecule has 1 fully saturated rings. The fraction of sp³-hybridized carbons (Fsp3) is 0.615. The number of hydrogen-bond donors (Lipinski definition) is 1. The second-order valence-corrected chi connectivity index (χ2v) is 4.51. The first-order chi connectivity index (χ1) is 8.29. The minimum atomic E-state index is 0.0547. The summed E-state index contributed by atoms with van der Waals surface area (Å²) in [5.74, 6) is 0.589. The van der Waals surface area contributed by atoms with Crippen LogP contribution in [0.2, 0.25) is 0 Å². The Bertz CT molecular complexity index is 408. The number of anilines is 1. The minimum absolute atomic E-state index is 0.0547. The molecule has 1 atom stereocenters. The van der Waals surface area contributed by atoms with Crippen LogP contribution in [-0.2, 0) is 11.3 Å². The van der Waals surface area contributed by atoms with Crippen LogP contribution in [0.3, 0.4) is 0 Å². The molecular formula is C13H20N2O2. The quantitative estimate of drug-likeness (QED) is 0.865. The van der Waals surface area contributed by atoms with Crippen molar-refractivity contribution >= 4 is 5.69 Å². The molecule has 4 heteroatoms. The lowest BCUT2D eigenvalue weighted by molar-refractivity contribution is 0.0595. The number of aryl methyl sites for hydroxylation is 1. The van der Waals surface area contributed by atoms with Crippen LogP contribution in [-0.4, -0.2) is 24.3 Å². The van der Waals surface area contributed by atoms with Crippen LogP contribution >= 0.6 is 0 Å². The van der Waals surface area contributed by atoms with E-state index in [1.807, 2.05) is 19.2 Å². The summed E-state index contributed by atoms with van der Waals surface area (Å²) >= 11 is 0. The summed E-state index contributed by atoms with van der Waals surface area (Å²) < 4.78 is 7.15. The highest BCUT2D eigenvalue weighted by molar-refractivity contribution is 5.40. The van der Waals surface area contributed by atoms with Crippen molar-refractivity contribution in [3.63, 3.8) is 0 Å². The van der Waals surface area contributed by atoms with E-state index < -0.39 is 0 Å². The Hall–Kier alpha value is -1.29. The molecule has 1 aromatic rings. The van der Waals surface area contributed by atoms with Gasteiger partial charge in [-0.3, -0.25) is 4.79 Å². The lowest BCUT2D eigenvalue weighted by Crippen LogP contribution is -2.25. The van der Waals surface area contributed by atoms with Crippen LogP contribution in [0.15, 0.2) is 23.1 Å². The van der Waals surface area contributed by atoms with Crippen LogP contribution in [0, 0.1) is 5.92 Å². The van der Waals surface area contributed by atoms with Gasteiger partial charge < -0.3 is 14.6 Å². The molecule has 0 saturated carbocycles. The summed E-state index contributed by atoms with van der Waals surface area (Å²) in [5, 5.41) is 3.38. The highest BCUT2D eigenvalue weighted by Crippen LogP contribution is 2.14. The third kappa shape index (κ3) is 3.33. The highest BCUT2D eigenvalue weighted by Gasteiger charge is 2.13. The Balaban J connectivity index is 1.91. The molecule has 2 heterocycles. The normalized spacial score (nSPS) is 20.2. The number of rotatable bonds is 4. The van der Waals surface area contributed by atoms with Crippen LogP contribution in [0.1, 0.15) is 19.8 Å². The topological polar surface area (TPSA) is 43.3 Å². The largest absolute Gasteiger partial charge is 0.383 e. The third-order valence-electron chi connectivity index (χ3n) is 3.17. The number of hydrogen-bond acceptors (Lipinski definition) is 3. The molecule has 2 rings (SSSR count). The van der Waals surface area contributed by atoms with Gasteiger partial charge in [-0.15, -0.1) is 0 Å². The molecule has 0 aromatic carbocycles. The number of nitrogens with one attached hydrogen (secondary N) is 1. The Labute approximate surface area is 102 Å². The molecule has 1 aromatic heterocycles. The zero-order chi connectivity index (χ0) is 12.1. The predicted molar refractivity (Wildman–Crippen MR) is 68.4 cm³/mol. The number of nitrogens with zero attached hydrogens (tertiary/aromatic N) is 1. The maximum Gasteiger partial charge on any atom is 0.250 e. The van der Waals surface area contributed by atoms with Crippen molar-refractivity contribution in [2.24, 2.45) is 5.92 Å². The highest BCUT2D eigenvalue weighted by atomic mass is 16.5. The fourth-order valence-electron chi connectivity index (χ4n) is 2.11. The smallest absolute Gasteiger partial charge is 0.250 e. The molecule has 1 aliphatic rings. The Morgan fingerprint density at radius 2 is 2.41 bits per heavy atom. The van der Waals surface area contributed by atoms with E-state index in [4.69, 9.17) is 4.74 Å². The number of pyridine rings is 1. The summed E-state index contributed by atoms with van der Waals surface area (Å²) in [6.07, 6.45) is 4.26. The molecule has 17 heavy (non-hydrogen) atoms. The standard InChI is InChI=1S/C13H20N2O2/c1-2-15-9-12(5-6-13(15)16)14-8-11-4-3-7-17-10-11/h5-6,9,11,14H,2-4,7-8,10H2,1H3. The molecular weight excluding hydrogens is 216 g/mol. The maximum atomic E-state index is 11.4. The van der Waals surface area contributed by atoms with E-state index in [1.54, 1.807) is 10.6 Å². The zero-order valence-electron chi connectivity index (χ0n) is 10.3. The van der Waals surface area contributed by atoms with Gasteiger partial charge in [-0.2, -0.15) is 0 Å². The summed E-state index contributed by atoms with van der Waals surface area (Å²) in [7, 11) is 0. The van der Waals surface area contributed by atoms with Gasteiger partial charge in [0, 0.05) is 32.0 Å². The fourth-order valence-corrected chi connectivity index (χ4v) is 2.11. The Kier molecular flexibility index (Phi) is 4.20. The molecule has 94 valence electrons. The van der Waals surface area contributed by atoms with E-state index in [0.29, 0.717) is 12.5 Å². The van der Waals surface area contributed by atoms with Crippen LogP contribution in [0.5, 0.6) is 0 Å². The van der Waals surface area contributed by atoms with E-state index in [9.17, 15) is 4.79 Å². The van der Waals surface area contributed by atoms with E-state index in [1.165, 1.54) is 6.42 Å². The first kappa shape index (κ1) is 12.2. The van der Waals surface area contributed by atoms with Gasteiger partial charge in [0.05, 0.1) is 12.3 Å². The average molecular weight is 236 g/mol. The summed E-state index contributed by atoms with van der Waals surface area (Å²) in [6.45, 7) is 5.35. The summed E-state index contributed by atoms with van der Waals surface area (Å²) in [5.41, 5.74) is 1.07. The van der Waals surface area contributed by atoms with Crippen molar-refractivity contribution in [3.8, 4) is 0 Å². The van der Waals surface area contributed by atoms with Gasteiger partial charge in [0.25, 0.3) is 5.56 Å². The van der Waals surface area contributed by atoms with Gasteiger partial charge in [-0.05, 0) is 31.7 Å². The third-order valence-corrected chi connectivity index (χ3v) is 3.17. The van der Waals surface area contributed by atoms with Crippen LogP contribution in [0.4, 0.5) is 5.69 Å². The molecule has 0 aliphatic carbocycles. The molecule has 0 amide bonds. The van der Waals surface area contributed by atoms with Gasteiger partial charge in [-0.25, -0.2) is 0 Å². The van der Waals surface area contributed by atoms with Gasteiger partial charge in [0.2, 0.25) is 0 Å². The number of aromatic nitrogens is 1. The summed E-state index contributed by atoms with van der Waals surface area (Å²) in [4.78, 5) is 11.4.